The number of hydrogen-bond donors (Lipinski definition) is 1. The van der Waals surface area contributed by atoms with E-state index >= 15 is 0 Å². The van der Waals surface area contributed by atoms with Gasteiger partial charge in [-0.25, -0.2) is 0 Å². The predicted molar refractivity (Wildman–Crippen MR) is 77.2 cm³/mol. The van der Waals surface area contributed by atoms with E-state index in [0.717, 1.165) is 24.1 Å². The number of likely N-dealkylation sites (tertiary alicyclic amines) is 1. The maximum Gasteiger partial charge on any atom is 0.121 e. The second-order valence-electron chi connectivity index (χ2n) is 6.31. The van der Waals surface area contributed by atoms with Crippen LogP contribution in [0.4, 0.5) is 0 Å². The highest BCUT2D eigenvalue weighted by Gasteiger charge is 2.32. The van der Waals surface area contributed by atoms with Gasteiger partial charge < -0.3 is 9.73 Å². The van der Waals surface area contributed by atoms with Crippen molar-refractivity contribution in [2.75, 3.05) is 20.1 Å². The van der Waals surface area contributed by atoms with Gasteiger partial charge in [-0.15, -0.1) is 0 Å². The zero-order valence-corrected chi connectivity index (χ0v) is 12.2. The van der Waals surface area contributed by atoms with Crippen LogP contribution in [0, 0.1) is 12.8 Å². The molecule has 1 aliphatic heterocycles. The Labute approximate surface area is 116 Å². The van der Waals surface area contributed by atoms with Crippen LogP contribution in [0.1, 0.15) is 49.7 Å². The summed E-state index contributed by atoms with van der Waals surface area (Å²) in [6, 6.07) is 5.51. The summed E-state index contributed by atoms with van der Waals surface area (Å²) in [5, 5.41) is 3.71. The van der Waals surface area contributed by atoms with Crippen molar-refractivity contribution < 1.29 is 4.42 Å². The number of hydrogen-bond acceptors (Lipinski definition) is 3. The Kier molecular flexibility index (Phi) is 3.94. The molecule has 19 heavy (non-hydrogen) atoms. The van der Waals surface area contributed by atoms with Gasteiger partial charge in [0, 0.05) is 12.6 Å². The number of furan rings is 1. The van der Waals surface area contributed by atoms with Crippen molar-refractivity contribution in [3.63, 3.8) is 0 Å². The normalized spacial score (nSPS) is 29.4. The average Bonchev–Trinajstić information content (AvgIpc) is 3.15. The molecule has 2 atom stereocenters. The van der Waals surface area contributed by atoms with Gasteiger partial charge in [-0.1, -0.05) is 6.42 Å². The van der Waals surface area contributed by atoms with Gasteiger partial charge >= 0.3 is 0 Å². The molecule has 1 aromatic heterocycles. The molecule has 1 aliphatic carbocycles. The molecule has 3 nitrogen and oxygen atoms in total. The molecule has 2 aliphatic rings. The quantitative estimate of drug-likeness (QED) is 0.903. The van der Waals surface area contributed by atoms with Gasteiger partial charge in [0.05, 0.1) is 6.04 Å². The zero-order chi connectivity index (χ0) is 13.2. The molecule has 1 N–H and O–H groups in total. The van der Waals surface area contributed by atoms with Gasteiger partial charge in [-0.2, -0.15) is 0 Å². The lowest BCUT2D eigenvalue weighted by atomic mass is 9.93. The molecule has 0 radical (unpaired) electrons. The molecule has 1 saturated heterocycles. The molecular weight excluding hydrogens is 236 g/mol. The molecular formula is C16H26N2O. The summed E-state index contributed by atoms with van der Waals surface area (Å²) in [4.78, 5) is 2.49. The molecule has 0 amide bonds. The Balaban J connectivity index is 1.75. The predicted octanol–water partition coefficient (Wildman–Crippen LogP) is 3.11. The second-order valence-corrected chi connectivity index (χ2v) is 6.31. The molecule has 0 bridgehead atoms. The largest absolute Gasteiger partial charge is 0.465 e. The van der Waals surface area contributed by atoms with Crippen LogP contribution in [0.5, 0.6) is 0 Å². The van der Waals surface area contributed by atoms with Gasteiger partial charge in [0.25, 0.3) is 0 Å². The van der Waals surface area contributed by atoms with Crippen LogP contribution < -0.4 is 5.32 Å². The smallest absolute Gasteiger partial charge is 0.121 e. The number of rotatable bonds is 4. The number of nitrogens with one attached hydrogen (secondary N) is 1. The Morgan fingerprint density at radius 2 is 2.11 bits per heavy atom. The van der Waals surface area contributed by atoms with Gasteiger partial charge in [0.15, 0.2) is 0 Å². The van der Waals surface area contributed by atoms with Crippen molar-refractivity contribution in [2.24, 2.45) is 5.92 Å². The standard InChI is InChI=1S/C16H26N2O/c1-12-6-9-15(19-12)16-13(11-17-14-7-8-14)5-3-4-10-18(16)2/h6,9,13-14,16-17H,3-5,7-8,10-11H2,1-2H3. The van der Waals surface area contributed by atoms with Crippen LogP contribution in [0.3, 0.4) is 0 Å². The lowest BCUT2D eigenvalue weighted by molar-refractivity contribution is 0.161. The van der Waals surface area contributed by atoms with Gasteiger partial charge in [0.2, 0.25) is 0 Å². The molecule has 0 aromatic carbocycles. The van der Waals surface area contributed by atoms with Crippen LogP contribution in [0.15, 0.2) is 16.5 Å². The highest BCUT2D eigenvalue weighted by Crippen LogP contribution is 2.35. The topological polar surface area (TPSA) is 28.4 Å². The first-order chi connectivity index (χ1) is 9.24. The number of nitrogens with zero attached hydrogens (tertiary/aromatic N) is 1. The summed E-state index contributed by atoms with van der Waals surface area (Å²) in [7, 11) is 2.25. The third-order valence-electron chi connectivity index (χ3n) is 4.56. The van der Waals surface area contributed by atoms with Gasteiger partial charge in [-0.05, 0) is 64.3 Å². The van der Waals surface area contributed by atoms with E-state index in [4.69, 9.17) is 4.42 Å². The maximum atomic E-state index is 5.93. The Morgan fingerprint density at radius 3 is 2.79 bits per heavy atom. The van der Waals surface area contributed by atoms with Crippen molar-refractivity contribution in [2.45, 2.75) is 51.1 Å². The summed E-state index contributed by atoms with van der Waals surface area (Å²) in [6.07, 6.45) is 6.71. The van der Waals surface area contributed by atoms with E-state index in [0.29, 0.717) is 12.0 Å². The fourth-order valence-electron chi connectivity index (χ4n) is 3.31. The van der Waals surface area contributed by atoms with E-state index in [2.05, 4.69) is 29.4 Å². The lowest BCUT2D eigenvalue weighted by Gasteiger charge is -2.31. The fraction of sp³-hybridized carbons (Fsp3) is 0.750. The minimum Gasteiger partial charge on any atom is -0.465 e. The van der Waals surface area contributed by atoms with Crippen molar-refractivity contribution in [1.29, 1.82) is 0 Å². The summed E-state index contributed by atoms with van der Waals surface area (Å²) >= 11 is 0. The third-order valence-corrected chi connectivity index (χ3v) is 4.56. The van der Waals surface area contributed by atoms with E-state index in [1.165, 1.54) is 38.6 Å². The first-order valence-electron chi connectivity index (χ1n) is 7.74. The van der Waals surface area contributed by atoms with Crippen molar-refractivity contribution in [3.8, 4) is 0 Å². The van der Waals surface area contributed by atoms with E-state index in [1.54, 1.807) is 0 Å². The number of aryl methyl sites for hydroxylation is 1. The molecule has 3 rings (SSSR count). The van der Waals surface area contributed by atoms with E-state index in [1.807, 2.05) is 6.92 Å². The van der Waals surface area contributed by atoms with Crippen LogP contribution in [-0.2, 0) is 0 Å². The highest BCUT2D eigenvalue weighted by atomic mass is 16.3. The van der Waals surface area contributed by atoms with Crippen LogP contribution >= 0.6 is 0 Å². The van der Waals surface area contributed by atoms with Gasteiger partial charge in [-0.3, -0.25) is 4.90 Å². The Hall–Kier alpha value is -0.800. The summed E-state index contributed by atoms with van der Waals surface area (Å²) in [5.74, 6) is 2.87. The fourth-order valence-corrected chi connectivity index (χ4v) is 3.31. The molecule has 1 saturated carbocycles. The monoisotopic (exact) mass is 262 g/mol. The minimum absolute atomic E-state index is 0.447. The van der Waals surface area contributed by atoms with E-state index in [9.17, 15) is 0 Å². The van der Waals surface area contributed by atoms with E-state index < -0.39 is 0 Å². The second kappa shape index (κ2) is 5.68. The lowest BCUT2D eigenvalue weighted by Crippen LogP contribution is -2.35. The van der Waals surface area contributed by atoms with Crippen LogP contribution in [-0.4, -0.2) is 31.1 Å². The first-order valence-corrected chi connectivity index (χ1v) is 7.74. The van der Waals surface area contributed by atoms with Crippen molar-refractivity contribution >= 4 is 0 Å². The Morgan fingerprint density at radius 1 is 1.26 bits per heavy atom. The molecule has 2 heterocycles. The SMILES string of the molecule is Cc1ccc(C2C(CNC3CC3)CCCCN2C)o1. The molecule has 1 aromatic rings. The van der Waals surface area contributed by atoms with Crippen LogP contribution in [0.2, 0.25) is 0 Å². The third kappa shape index (κ3) is 3.21. The summed E-state index contributed by atoms with van der Waals surface area (Å²) < 4.78 is 5.93. The van der Waals surface area contributed by atoms with Gasteiger partial charge in [0.1, 0.15) is 11.5 Å². The minimum atomic E-state index is 0.447. The molecule has 2 unspecified atom stereocenters. The average molecular weight is 262 g/mol. The van der Waals surface area contributed by atoms with Crippen molar-refractivity contribution in [1.82, 2.24) is 10.2 Å². The molecule has 2 fully saturated rings. The highest BCUT2D eigenvalue weighted by molar-refractivity contribution is 5.11. The first kappa shape index (κ1) is 13.2. The Bertz CT molecular complexity index is 411. The van der Waals surface area contributed by atoms with E-state index in [-0.39, 0.29) is 0 Å². The summed E-state index contributed by atoms with van der Waals surface area (Å²) in [6.45, 7) is 4.36. The molecule has 106 valence electrons. The van der Waals surface area contributed by atoms with Crippen molar-refractivity contribution in [3.05, 3.63) is 23.7 Å². The maximum absolute atomic E-state index is 5.93. The zero-order valence-electron chi connectivity index (χ0n) is 12.2. The van der Waals surface area contributed by atoms with Crippen LogP contribution in [0.25, 0.3) is 0 Å². The summed E-state index contributed by atoms with van der Waals surface area (Å²) in [5.41, 5.74) is 0. The molecule has 3 heteroatoms. The molecule has 0 spiro atoms.